The van der Waals surface area contributed by atoms with Crippen molar-refractivity contribution < 1.29 is 0 Å². The second-order valence-electron chi connectivity index (χ2n) is 20.3. The number of benzene rings is 7. The van der Waals surface area contributed by atoms with Crippen LogP contribution in [0.25, 0.3) is 22.3 Å². The molecule has 0 spiro atoms. The van der Waals surface area contributed by atoms with Crippen LogP contribution in [0.5, 0.6) is 0 Å². The number of anilines is 3. The third-order valence-corrected chi connectivity index (χ3v) is 17.0. The van der Waals surface area contributed by atoms with Gasteiger partial charge < -0.3 is 4.90 Å². The van der Waals surface area contributed by atoms with Crippen molar-refractivity contribution in [3.63, 3.8) is 0 Å². The summed E-state index contributed by atoms with van der Waals surface area (Å²) in [5.74, 6) is 5.42. The van der Waals surface area contributed by atoms with E-state index in [1.54, 1.807) is 11.1 Å². The SMILES string of the molecule is c1ccc(C2(c3ccccc3)c3ccccc3-c3ccc(-c4ccc(N(c5ccc(C6CC7CCC6C7)cc5)c5ccc(C67CC8CC(CC(C8)C6)C7)cc5)cc4)cc32)cc1. The Morgan fingerprint density at radius 3 is 1.52 bits per heavy atom. The fraction of sp³-hybridized carbons (Fsp3) is 0.300. The van der Waals surface area contributed by atoms with Gasteiger partial charge in [-0.15, -0.1) is 0 Å². The summed E-state index contributed by atoms with van der Waals surface area (Å²) >= 11 is 0. The molecule has 0 saturated heterocycles. The first-order valence-corrected chi connectivity index (χ1v) is 23.6. The number of fused-ring (bicyclic) bond motifs is 5. The molecule has 7 aromatic rings. The summed E-state index contributed by atoms with van der Waals surface area (Å²) in [4.78, 5) is 2.51. The minimum Gasteiger partial charge on any atom is -0.311 e. The lowest BCUT2D eigenvalue weighted by Crippen LogP contribution is -2.48. The van der Waals surface area contributed by atoms with Gasteiger partial charge in [0.25, 0.3) is 0 Å². The molecule has 6 fully saturated rings. The van der Waals surface area contributed by atoms with E-state index in [0.717, 1.165) is 35.5 Å². The molecule has 0 N–H and O–H groups in total. The van der Waals surface area contributed by atoms with Crippen LogP contribution in [0.15, 0.2) is 176 Å². The molecule has 3 atom stereocenters. The molecule has 0 radical (unpaired) electrons. The molecule has 14 rings (SSSR count). The molecular weight excluding hydrogens is 735 g/mol. The molecule has 0 aliphatic heterocycles. The second-order valence-corrected chi connectivity index (χ2v) is 20.3. The van der Waals surface area contributed by atoms with Crippen LogP contribution in [-0.2, 0) is 10.8 Å². The maximum Gasteiger partial charge on any atom is 0.0713 e. The van der Waals surface area contributed by atoms with E-state index in [1.165, 1.54) is 126 Å². The average Bonchev–Trinajstić information content (AvgIpc) is 4.03. The maximum atomic E-state index is 2.52. The van der Waals surface area contributed by atoms with Crippen molar-refractivity contribution in [2.75, 3.05) is 4.90 Å². The zero-order valence-corrected chi connectivity index (χ0v) is 35.2. The monoisotopic (exact) mass is 789 g/mol. The van der Waals surface area contributed by atoms with E-state index in [9.17, 15) is 0 Å². The van der Waals surface area contributed by atoms with E-state index in [0.29, 0.717) is 5.41 Å². The van der Waals surface area contributed by atoms with Crippen molar-refractivity contribution in [3.05, 3.63) is 209 Å². The highest BCUT2D eigenvalue weighted by Gasteiger charge is 2.52. The van der Waals surface area contributed by atoms with Crippen molar-refractivity contribution in [3.8, 4) is 22.3 Å². The number of hydrogen-bond donors (Lipinski definition) is 0. The van der Waals surface area contributed by atoms with Crippen molar-refractivity contribution in [1.82, 2.24) is 0 Å². The van der Waals surface area contributed by atoms with Crippen molar-refractivity contribution >= 4 is 17.1 Å². The molecule has 6 bridgehead atoms. The summed E-state index contributed by atoms with van der Waals surface area (Å²) in [5, 5.41) is 0. The fourth-order valence-corrected chi connectivity index (χ4v) is 14.8. The van der Waals surface area contributed by atoms with Gasteiger partial charge in [-0.2, -0.15) is 0 Å². The minimum absolute atomic E-state index is 0.401. The lowest BCUT2D eigenvalue weighted by molar-refractivity contribution is -0.00518. The van der Waals surface area contributed by atoms with Crippen LogP contribution in [0.3, 0.4) is 0 Å². The quantitative estimate of drug-likeness (QED) is 0.148. The number of rotatable bonds is 8. The van der Waals surface area contributed by atoms with Gasteiger partial charge in [-0.25, -0.2) is 0 Å². The van der Waals surface area contributed by atoms with E-state index in [1.807, 2.05) is 0 Å². The van der Waals surface area contributed by atoms with Gasteiger partial charge in [-0.3, -0.25) is 0 Å². The van der Waals surface area contributed by atoms with Crippen LogP contribution in [0.2, 0.25) is 0 Å². The number of nitrogens with zero attached hydrogens (tertiary/aromatic N) is 1. The second kappa shape index (κ2) is 13.9. The van der Waals surface area contributed by atoms with Gasteiger partial charge in [-0.05, 0) is 197 Å². The van der Waals surface area contributed by atoms with E-state index >= 15 is 0 Å². The lowest BCUT2D eigenvalue weighted by atomic mass is 9.48. The summed E-state index contributed by atoms with van der Waals surface area (Å²) in [6.07, 6.45) is 14.4. The zero-order valence-electron chi connectivity index (χ0n) is 35.2. The predicted molar refractivity (Wildman–Crippen MR) is 252 cm³/mol. The molecule has 1 nitrogen and oxygen atoms in total. The van der Waals surface area contributed by atoms with Gasteiger partial charge in [0, 0.05) is 17.1 Å². The third kappa shape index (κ3) is 5.65. The van der Waals surface area contributed by atoms with Crippen molar-refractivity contribution in [2.45, 2.75) is 81.0 Å². The first-order chi connectivity index (χ1) is 30.1. The van der Waals surface area contributed by atoms with Gasteiger partial charge in [-0.1, -0.05) is 140 Å². The van der Waals surface area contributed by atoms with E-state index in [4.69, 9.17) is 0 Å². The Hall–Kier alpha value is -5.66. The first-order valence-electron chi connectivity index (χ1n) is 23.6. The Balaban J connectivity index is 0.885. The molecule has 0 amide bonds. The summed E-state index contributed by atoms with van der Waals surface area (Å²) < 4.78 is 0. The van der Waals surface area contributed by atoms with Crippen molar-refractivity contribution in [1.29, 1.82) is 0 Å². The van der Waals surface area contributed by atoms with E-state index in [2.05, 4.69) is 181 Å². The maximum absolute atomic E-state index is 2.52. The van der Waals surface area contributed by atoms with Crippen LogP contribution >= 0.6 is 0 Å². The van der Waals surface area contributed by atoms with Gasteiger partial charge in [0.05, 0.1) is 5.41 Å². The molecular formula is C60H55N. The fourth-order valence-electron chi connectivity index (χ4n) is 14.8. The molecule has 0 aromatic heterocycles. The molecule has 300 valence electrons. The van der Waals surface area contributed by atoms with Crippen LogP contribution < -0.4 is 4.90 Å². The Morgan fingerprint density at radius 1 is 0.393 bits per heavy atom. The Labute approximate surface area is 362 Å². The molecule has 0 heterocycles. The van der Waals surface area contributed by atoms with Crippen molar-refractivity contribution in [2.24, 2.45) is 29.6 Å². The highest BCUT2D eigenvalue weighted by atomic mass is 15.1. The van der Waals surface area contributed by atoms with E-state index < -0.39 is 5.41 Å². The summed E-state index contributed by atoms with van der Waals surface area (Å²) in [6, 6.07) is 67.6. The van der Waals surface area contributed by atoms with Crippen LogP contribution in [-0.4, -0.2) is 0 Å². The molecule has 6 saturated carbocycles. The summed E-state index contributed by atoms with van der Waals surface area (Å²) in [7, 11) is 0. The zero-order chi connectivity index (χ0) is 40.1. The third-order valence-electron chi connectivity index (χ3n) is 17.0. The Kier molecular flexibility index (Phi) is 8.23. The molecule has 61 heavy (non-hydrogen) atoms. The largest absolute Gasteiger partial charge is 0.311 e. The summed E-state index contributed by atoms with van der Waals surface area (Å²) in [5.41, 5.74) is 17.3. The molecule has 1 heteroatoms. The van der Waals surface area contributed by atoms with Crippen LogP contribution in [0.1, 0.15) is 104 Å². The highest BCUT2D eigenvalue weighted by molar-refractivity contribution is 5.88. The van der Waals surface area contributed by atoms with Crippen LogP contribution in [0, 0.1) is 29.6 Å². The van der Waals surface area contributed by atoms with E-state index in [-0.39, 0.29) is 0 Å². The van der Waals surface area contributed by atoms with Gasteiger partial charge in [0.1, 0.15) is 0 Å². The Morgan fingerprint density at radius 2 is 0.934 bits per heavy atom. The first kappa shape index (κ1) is 36.0. The standard InChI is InChI=1S/C60H55N/c1-3-9-49(10-4-1)60(50-11-5-2-6-12-50)57-14-8-7-13-54(57)55-30-21-46(36-58(55)60)44-17-24-51(25-18-44)61(52-26-19-45(20-27-52)56-35-40-15-16-47(56)34-40)53-28-22-48(23-29-53)59-37-41-31-42(38-59)33-43(32-41)39-59/h1-14,17-30,36,40-43,47,56H,15-16,31-35,37-39H2. The minimum atomic E-state index is -0.409. The lowest BCUT2D eigenvalue weighted by Gasteiger charge is -2.57. The Bertz CT molecular complexity index is 2650. The van der Waals surface area contributed by atoms with Gasteiger partial charge in [0.2, 0.25) is 0 Å². The molecule has 7 aliphatic rings. The molecule has 7 aromatic carbocycles. The average molecular weight is 790 g/mol. The van der Waals surface area contributed by atoms with Gasteiger partial charge in [0.15, 0.2) is 0 Å². The number of hydrogen-bond acceptors (Lipinski definition) is 1. The molecule has 7 aliphatic carbocycles. The summed E-state index contributed by atoms with van der Waals surface area (Å²) in [6.45, 7) is 0. The highest BCUT2D eigenvalue weighted by Crippen LogP contribution is 2.61. The topological polar surface area (TPSA) is 3.24 Å². The van der Waals surface area contributed by atoms with Gasteiger partial charge >= 0.3 is 0 Å². The molecule has 3 unspecified atom stereocenters. The predicted octanol–water partition coefficient (Wildman–Crippen LogP) is 15.6. The normalized spacial score (nSPS) is 27.2. The smallest absolute Gasteiger partial charge is 0.0713 e. The van der Waals surface area contributed by atoms with Crippen LogP contribution in [0.4, 0.5) is 17.1 Å².